The number of rotatable bonds is 3. The molecule has 1 aliphatic heterocycles. The third-order valence-electron chi connectivity index (χ3n) is 2.94. The van der Waals surface area contributed by atoms with Gasteiger partial charge in [-0.15, -0.1) is 0 Å². The van der Waals surface area contributed by atoms with Crippen LogP contribution < -0.4 is 5.32 Å². The molecule has 0 aliphatic carbocycles. The molecule has 1 aromatic rings. The van der Waals surface area contributed by atoms with Gasteiger partial charge in [0.1, 0.15) is 0 Å². The summed E-state index contributed by atoms with van der Waals surface area (Å²) in [7, 11) is 0. The van der Waals surface area contributed by atoms with Gasteiger partial charge in [0.15, 0.2) is 0 Å². The van der Waals surface area contributed by atoms with Crippen LogP contribution in [0.5, 0.6) is 0 Å². The van der Waals surface area contributed by atoms with Gasteiger partial charge in [-0.1, -0.05) is 38.1 Å². The van der Waals surface area contributed by atoms with E-state index in [-0.39, 0.29) is 11.8 Å². The predicted molar refractivity (Wildman–Crippen MR) is 71.1 cm³/mol. The van der Waals surface area contributed by atoms with E-state index in [1.54, 1.807) is 18.2 Å². The number of carbonyl (C=O) groups is 2. The van der Waals surface area contributed by atoms with Gasteiger partial charge < -0.3 is 0 Å². The Morgan fingerprint density at radius 2 is 2.06 bits per heavy atom. The van der Waals surface area contributed by atoms with Crippen molar-refractivity contribution >= 4 is 17.4 Å². The van der Waals surface area contributed by atoms with E-state index in [0.717, 1.165) is 24.0 Å². The van der Waals surface area contributed by atoms with Crippen LogP contribution >= 0.6 is 0 Å². The van der Waals surface area contributed by atoms with Gasteiger partial charge in [0, 0.05) is 16.7 Å². The summed E-state index contributed by atoms with van der Waals surface area (Å²) in [6, 6.07) is 5.56. The van der Waals surface area contributed by atoms with Crippen molar-refractivity contribution in [1.29, 1.82) is 0 Å². The highest BCUT2D eigenvalue weighted by Crippen LogP contribution is 2.28. The fraction of sp³-hybridized carbons (Fsp3) is 0.200. The van der Waals surface area contributed by atoms with E-state index in [1.165, 1.54) is 0 Å². The molecule has 3 heteroatoms. The Bertz CT molecular complexity index is 556. The van der Waals surface area contributed by atoms with E-state index in [0.29, 0.717) is 11.1 Å². The number of fused-ring (bicyclic) bond motifs is 1. The molecule has 1 N–H and O–H groups in total. The standard InChI is InChI=1S/C15H15NO2/c1-3-6-10-8-5-9-12-13(10)11(7-4-2)14(17)16-15(12)18/h4-5,7-9H,2-3,6H2,1H3,(H,16,17,18)/b11-7+. The van der Waals surface area contributed by atoms with Gasteiger partial charge >= 0.3 is 0 Å². The summed E-state index contributed by atoms with van der Waals surface area (Å²) < 4.78 is 0. The lowest BCUT2D eigenvalue weighted by Gasteiger charge is -2.21. The van der Waals surface area contributed by atoms with Crippen molar-refractivity contribution in [2.45, 2.75) is 19.8 Å². The van der Waals surface area contributed by atoms with E-state index in [4.69, 9.17) is 0 Å². The molecule has 2 rings (SSSR count). The zero-order chi connectivity index (χ0) is 13.1. The van der Waals surface area contributed by atoms with Crippen LogP contribution in [-0.2, 0) is 11.2 Å². The molecule has 1 aromatic carbocycles. The average Bonchev–Trinajstić information content (AvgIpc) is 2.35. The maximum absolute atomic E-state index is 11.9. The number of allylic oxidation sites excluding steroid dienone is 2. The molecule has 0 aromatic heterocycles. The molecule has 0 saturated heterocycles. The second-order valence-electron chi connectivity index (χ2n) is 4.19. The van der Waals surface area contributed by atoms with Crippen molar-refractivity contribution in [3.8, 4) is 0 Å². The van der Waals surface area contributed by atoms with Crippen LogP contribution in [-0.4, -0.2) is 11.8 Å². The minimum atomic E-state index is -0.351. The fourth-order valence-electron chi connectivity index (χ4n) is 2.21. The van der Waals surface area contributed by atoms with Gasteiger partial charge in [0.05, 0.1) is 0 Å². The molecule has 0 atom stereocenters. The van der Waals surface area contributed by atoms with Crippen molar-refractivity contribution in [3.63, 3.8) is 0 Å². The third-order valence-corrected chi connectivity index (χ3v) is 2.94. The van der Waals surface area contributed by atoms with E-state index < -0.39 is 0 Å². The first kappa shape index (κ1) is 12.3. The normalized spacial score (nSPS) is 16.4. The topological polar surface area (TPSA) is 46.2 Å². The van der Waals surface area contributed by atoms with E-state index in [9.17, 15) is 9.59 Å². The summed E-state index contributed by atoms with van der Waals surface area (Å²) >= 11 is 0. The minimum Gasteiger partial charge on any atom is -0.288 e. The SMILES string of the molecule is C=C/C=C1/C(=O)NC(=O)c2cccc(CCC)c21. The summed E-state index contributed by atoms with van der Waals surface area (Å²) in [4.78, 5) is 23.7. The first-order valence-electron chi connectivity index (χ1n) is 5.99. The summed E-state index contributed by atoms with van der Waals surface area (Å²) in [5, 5.41) is 2.35. The lowest BCUT2D eigenvalue weighted by atomic mass is 9.88. The van der Waals surface area contributed by atoms with Crippen LogP contribution in [0.25, 0.3) is 5.57 Å². The Morgan fingerprint density at radius 3 is 2.72 bits per heavy atom. The fourth-order valence-corrected chi connectivity index (χ4v) is 2.21. The lowest BCUT2D eigenvalue weighted by Crippen LogP contribution is -2.37. The van der Waals surface area contributed by atoms with Crippen molar-refractivity contribution in [1.82, 2.24) is 5.32 Å². The molecule has 0 spiro atoms. The number of aryl methyl sites for hydroxylation is 1. The van der Waals surface area contributed by atoms with Crippen molar-refractivity contribution in [2.24, 2.45) is 0 Å². The molecule has 3 nitrogen and oxygen atoms in total. The number of benzene rings is 1. The molecule has 0 saturated carbocycles. The Kier molecular flexibility index (Phi) is 3.42. The van der Waals surface area contributed by atoms with Gasteiger partial charge in [0.2, 0.25) is 0 Å². The molecule has 18 heavy (non-hydrogen) atoms. The molecule has 0 fully saturated rings. The minimum absolute atomic E-state index is 0.325. The summed E-state index contributed by atoms with van der Waals surface area (Å²) in [6.07, 6.45) is 5.03. The van der Waals surface area contributed by atoms with Crippen molar-refractivity contribution in [3.05, 3.63) is 53.6 Å². The van der Waals surface area contributed by atoms with Crippen LogP contribution in [0.3, 0.4) is 0 Å². The molecule has 0 unspecified atom stereocenters. The second-order valence-corrected chi connectivity index (χ2v) is 4.19. The van der Waals surface area contributed by atoms with Crippen LogP contribution in [0.15, 0.2) is 36.9 Å². The first-order chi connectivity index (χ1) is 8.69. The van der Waals surface area contributed by atoms with Gasteiger partial charge in [0.25, 0.3) is 11.8 Å². The highest BCUT2D eigenvalue weighted by atomic mass is 16.2. The molecule has 2 amide bonds. The maximum Gasteiger partial charge on any atom is 0.258 e. The highest BCUT2D eigenvalue weighted by Gasteiger charge is 2.28. The van der Waals surface area contributed by atoms with E-state index in [1.807, 2.05) is 12.1 Å². The first-order valence-corrected chi connectivity index (χ1v) is 5.99. The van der Waals surface area contributed by atoms with Gasteiger partial charge in [-0.05, 0) is 24.1 Å². The number of hydrogen-bond donors (Lipinski definition) is 1. The van der Waals surface area contributed by atoms with Crippen LogP contribution in [0.2, 0.25) is 0 Å². The Labute approximate surface area is 106 Å². The summed E-state index contributed by atoms with van der Waals surface area (Å²) in [6.45, 7) is 5.69. The quantitative estimate of drug-likeness (QED) is 0.652. The van der Waals surface area contributed by atoms with Crippen LogP contribution in [0.4, 0.5) is 0 Å². The predicted octanol–water partition coefficient (Wildman–Crippen LogP) is 2.48. The Balaban J connectivity index is 2.69. The molecule has 0 bridgehead atoms. The number of imide groups is 1. The van der Waals surface area contributed by atoms with E-state index >= 15 is 0 Å². The van der Waals surface area contributed by atoms with E-state index in [2.05, 4.69) is 18.8 Å². The van der Waals surface area contributed by atoms with Gasteiger partial charge in [-0.3, -0.25) is 14.9 Å². The molecule has 1 heterocycles. The molecular formula is C15H15NO2. The third kappa shape index (κ3) is 1.99. The average molecular weight is 241 g/mol. The molecular weight excluding hydrogens is 226 g/mol. The summed E-state index contributed by atoms with van der Waals surface area (Å²) in [5.74, 6) is -0.676. The van der Waals surface area contributed by atoms with Crippen LogP contribution in [0.1, 0.15) is 34.8 Å². The van der Waals surface area contributed by atoms with Crippen molar-refractivity contribution in [2.75, 3.05) is 0 Å². The smallest absolute Gasteiger partial charge is 0.258 e. The summed E-state index contributed by atoms with van der Waals surface area (Å²) in [5.41, 5.74) is 2.87. The second kappa shape index (κ2) is 5.00. The molecule has 1 aliphatic rings. The highest BCUT2D eigenvalue weighted by molar-refractivity contribution is 6.31. The zero-order valence-corrected chi connectivity index (χ0v) is 10.3. The number of amides is 2. The maximum atomic E-state index is 11.9. The molecule has 0 radical (unpaired) electrons. The lowest BCUT2D eigenvalue weighted by molar-refractivity contribution is -0.114. The van der Waals surface area contributed by atoms with Crippen molar-refractivity contribution < 1.29 is 9.59 Å². The molecule has 92 valence electrons. The van der Waals surface area contributed by atoms with Crippen LogP contribution in [0, 0.1) is 0 Å². The zero-order valence-electron chi connectivity index (χ0n) is 10.3. The number of hydrogen-bond acceptors (Lipinski definition) is 2. The van der Waals surface area contributed by atoms with Gasteiger partial charge in [-0.2, -0.15) is 0 Å². The van der Waals surface area contributed by atoms with Gasteiger partial charge in [-0.25, -0.2) is 0 Å². The largest absolute Gasteiger partial charge is 0.288 e. The Hall–Kier alpha value is -2.16. The number of carbonyl (C=O) groups excluding carboxylic acids is 2. The Morgan fingerprint density at radius 1 is 1.28 bits per heavy atom. The number of nitrogens with one attached hydrogen (secondary N) is 1. The monoisotopic (exact) mass is 241 g/mol.